The molecule has 0 spiro atoms. The van der Waals surface area contributed by atoms with Crippen LogP contribution >= 0.6 is 0 Å². The lowest BCUT2D eigenvalue weighted by atomic mass is 10.2. The maximum Gasteiger partial charge on any atom is 0.339 e. The smallest absolute Gasteiger partial charge is 0.339 e. The van der Waals surface area contributed by atoms with Gasteiger partial charge in [-0.1, -0.05) is 0 Å². The number of carboxylic acids is 1. The number of carbonyl (C=O) groups is 1. The molecule has 0 fully saturated rings. The van der Waals surface area contributed by atoms with Gasteiger partial charge in [-0.05, 0) is 18.2 Å². The fraction of sp³-hybridized carbons (Fsp3) is 0.154. The standard InChI is InChI=1S/C13H12O5/c1-16-10-2-3-11(13(14)15)12(6-10)18-8-9-4-5-17-7-9/h2-7H,8H2,1H3,(H,14,15). The highest BCUT2D eigenvalue weighted by Crippen LogP contribution is 2.25. The van der Waals surface area contributed by atoms with Crippen LogP contribution in [0.25, 0.3) is 0 Å². The molecule has 0 aliphatic heterocycles. The van der Waals surface area contributed by atoms with Crippen molar-refractivity contribution in [3.05, 3.63) is 47.9 Å². The van der Waals surface area contributed by atoms with E-state index in [1.165, 1.54) is 19.4 Å². The lowest BCUT2D eigenvalue weighted by molar-refractivity contribution is 0.0691. The van der Waals surface area contributed by atoms with Gasteiger partial charge in [0.15, 0.2) is 0 Å². The van der Waals surface area contributed by atoms with Crippen molar-refractivity contribution in [1.82, 2.24) is 0 Å². The second-order valence-electron chi connectivity index (χ2n) is 3.59. The zero-order valence-electron chi connectivity index (χ0n) is 9.75. The molecule has 1 aromatic carbocycles. The number of hydrogen-bond donors (Lipinski definition) is 1. The Hall–Kier alpha value is -2.43. The highest BCUT2D eigenvalue weighted by Gasteiger charge is 2.12. The second kappa shape index (κ2) is 5.27. The predicted octanol–water partition coefficient (Wildman–Crippen LogP) is 2.57. The van der Waals surface area contributed by atoms with Gasteiger partial charge in [0.05, 0.1) is 19.6 Å². The van der Waals surface area contributed by atoms with E-state index in [1.54, 1.807) is 24.5 Å². The Morgan fingerprint density at radius 1 is 1.39 bits per heavy atom. The van der Waals surface area contributed by atoms with Crippen LogP contribution in [0.4, 0.5) is 0 Å². The molecule has 0 saturated heterocycles. The van der Waals surface area contributed by atoms with Crippen LogP contribution in [0.2, 0.25) is 0 Å². The fourth-order valence-electron chi connectivity index (χ4n) is 1.46. The van der Waals surface area contributed by atoms with Crippen LogP contribution in [-0.4, -0.2) is 18.2 Å². The van der Waals surface area contributed by atoms with Gasteiger partial charge < -0.3 is 19.0 Å². The molecule has 94 valence electrons. The molecule has 0 unspecified atom stereocenters. The topological polar surface area (TPSA) is 68.9 Å². The highest BCUT2D eigenvalue weighted by atomic mass is 16.5. The molecule has 1 aromatic heterocycles. The summed E-state index contributed by atoms with van der Waals surface area (Å²) in [5.41, 5.74) is 0.924. The van der Waals surface area contributed by atoms with Gasteiger partial charge in [0.2, 0.25) is 0 Å². The van der Waals surface area contributed by atoms with Gasteiger partial charge in [0.1, 0.15) is 23.7 Å². The molecule has 0 amide bonds. The SMILES string of the molecule is COc1ccc(C(=O)O)c(OCc2ccoc2)c1. The minimum Gasteiger partial charge on any atom is -0.497 e. The number of aromatic carboxylic acids is 1. The van der Waals surface area contributed by atoms with Gasteiger partial charge in [-0.15, -0.1) is 0 Å². The maximum atomic E-state index is 11.0. The average Bonchev–Trinajstić information content (AvgIpc) is 2.88. The van der Waals surface area contributed by atoms with Crippen molar-refractivity contribution in [3.8, 4) is 11.5 Å². The Balaban J connectivity index is 2.20. The Morgan fingerprint density at radius 3 is 2.83 bits per heavy atom. The molecule has 0 aliphatic carbocycles. The van der Waals surface area contributed by atoms with Gasteiger partial charge >= 0.3 is 5.97 Å². The molecule has 0 atom stereocenters. The van der Waals surface area contributed by atoms with Crippen LogP contribution in [0, 0.1) is 0 Å². The minimum absolute atomic E-state index is 0.0966. The quantitative estimate of drug-likeness (QED) is 0.880. The molecule has 0 bridgehead atoms. The highest BCUT2D eigenvalue weighted by molar-refractivity contribution is 5.91. The van der Waals surface area contributed by atoms with E-state index in [-0.39, 0.29) is 17.9 Å². The van der Waals surface area contributed by atoms with E-state index < -0.39 is 5.97 Å². The molecule has 5 heteroatoms. The van der Waals surface area contributed by atoms with Crippen LogP contribution in [0.15, 0.2) is 41.2 Å². The van der Waals surface area contributed by atoms with Crippen molar-refractivity contribution in [2.75, 3.05) is 7.11 Å². The molecular formula is C13H12O5. The monoisotopic (exact) mass is 248 g/mol. The first kappa shape index (κ1) is 12.0. The summed E-state index contributed by atoms with van der Waals surface area (Å²) in [5.74, 6) is -0.231. The first-order valence-electron chi connectivity index (χ1n) is 5.26. The fourth-order valence-corrected chi connectivity index (χ4v) is 1.46. The number of rotatable bonds is 5. The van der Waals surface area contributed by atoms with Crippen molar-refractivity contribution in [3.63, 3.8) is 0 Å². The molecule has 1 N–H and O–H groups in total. The largest absolute Gasteiger partial charge is 0.497 e. The second-order valence-corrected chi connectivity index (χ2v) is 3.59. The number of carboxylic acid groups (broad SMARTS) is 1. The van der Waals surface area contributed by atoms with E-state index in [1.807, 2.05) is 0 Å². The van der Waals surface area contributed by atoms with Crippen LogP contribution in [0.5, 0.6) is 11.5 Å². The van der Waals surface area contributed by atoms with E-state index in [9.17, 15) is 4.79 Å². The van der Waals surface area contributed by atoms with Crippen molar-refractivity contribution in [1.29, 1.82) is 0 Å². The number of methoxy groups -OCH3 is 1. The van der Waals surface area contributed by atoms with E-state index >= 15 is 0 Å². The Morgan fingerprint density at radius 2 is 2.22 bits per heavy atom. The van der Waals surface area contributed by atoms with Gasteiger partial charge in [-0.2, -0.15) is 0 Å². The first-order valence-corrected chi connectivity index (χ1v) is 5.26. The van der Waals surface area contributed by atoms with Crippen LogP contribution < -0.4 is 9.47 Å². The number of furan rings is 1. The third-order valence-electron chi connectivity index (χ3n) is 2.39. The van der Waals surface area contributed by atoms with Crippen LogP contribution in [-0.2, 0) is 6.61 Å². The zero-order chi connectivity index (χ0) is 13.0. The van der Waals surface area contributed by atoms with E-state index in [0.717, 1.165) is 5.56 Å². The van der Waals surface area contributed by atoms with Gasteiger partial charge in [-0.3, -0.25) is 0 Å². The molecule has 5 nitrogen and oxygen atoms in total. The molecule has 18 heavy (non-hydrogen) atoms. The third kappa shape index (κ3) is 2.63. The maximum absolute atomic E-state index is 11.0. The molecule has 0 aliphatic rings. The predicted molar refractivity (Wildman–Crippen MR) is 63.0 cm³/mol. The van der Waals surface area contributed by atoms with E-state index in [4.69, 9.17) is 19.0 Å². The molecule has 2 aromatic rings. The summed E-state index contributed by atoms with van der Waals surface area (Å²) in [6.07, 6.45) is 3.07. The lowest BCUT2D eigenvalue weighted by Gasteiger charge is -2.09. The van der Waals surface area contributed by atoms with Gasteiger partial charge in [-0.25, -0.2) is 4.79 Å². The average molecular weight is 248 g/mol. The van der Waals surface area contributed by atoms with Gasteiger partial charge in [0.25, 0.3) is 0 Å². The van der Waals surface area contributed by atoms with Crippen molar-refractivity contribution in [2.24, 2.45) is 0 Å². The minimum atomic E-state index is -1.04. The summed E-state index contributed by atoms with van der Waals surface area (Å²) in [7, 11) is 1.51. The lowest BCUT2D eigenvalue weighted by Crippen LogP contribution is -2.03. The normalized spacial score (nSPS) is 10.1. The van der Waals surface area contributed by atoms with Crippen molar-refractivity contribution < 1.29 is 23.8 Å². The van der Waals surface area contributed by atoms with E-state index in [0.29, 0.717) is 5.75 Å². The Labute approximate surface area is 104 Å². The molecule has 0 radical (unpaired) electrons. The van der Waals surface area contributed by atoms with Crippen molar-refractivity contribution >= 4 is 5.97 Å². The molecule has 0 saturated carbocycles. The molecular weight excluding hydrogens is 236 g/mol. The zero-order valence-corrected chi connectivity index (χ0v) is 9.75. The summed E-state index contributed by atoms with van der Waals surface area (Å²) in [5, 5.41) is 9.05. The third-order valence-corrected chi connectivity index (χ3v) is 2.39. The van der Waals surface area contributed by atoms with Crippen LogP contribution in [0.3, 0.4) is 0 Å². The number of benzene rings is 1. The summed E-state index contributed by atoms with van der Waals surface area (Å²) < 4.78 is 15.4. The van der Waals surface area contributed by atoms with Crippen LogP contribution in [0.1, 0.15) is 15.9 Å². The first-order chi connectivity index (χ1) is 8.70. The summed E-state index contributed by atoms with van der Waals surface area (Å²) in [6.45, 7) is 0.240. The van der Waals surface area contributed by atoms with Crippen molar-refractivity contribution in [2.45, 2.75) is 6.61 Å². The Bertz CT molecular complexity index is 530. The number of hydrogen-bond acceptors (Lipinski definition) is 4. The summed E-state index contributed by atoms with van der Waals surface area (Å²) in [4.78, 5) is 11.0. The molecule has 2 rings (SSSR count). The Kier molecular flexibility index (Phi) is 3.52. The molecule has 1 heterocycles. The number of ether oxygens (including phenoxy) is 2. The van der Waals surface area contributed by atoms with Gasteiger partial charge in [0, 0.05) is 11.6 Å². The summed E-state index contributed by atoms with van der Waals surface area (Å²) in [6, 6.07) is 6.32. The summed E-state index contributed by atoms with van der Waals surface area (Å²) >= 11 is 0. The van der Waals surface area contributed by atoms with E-state index in [2.05, 4.69) is 0 Å².